The van der Waals surface area contributed by atoms with E-state index in [0.29, 0.717) is 0 Å². The van der Waals surface area contributed by atoms with Gasteiger partial charge in [-0.1, -0.05) is 42.4 Å². The van der Waals surface area contributed by atoms with E-state index in [9.17, 15) is 0 Å². The molecule has 1 aliphatic rings. The maximum absolute atomic E-state index is 5.36. The molecule has 4 heteroatoms. The summed E-state index contributed by atoms with van der Waals surface area (Å²) in [6.07, 6.45) is 3.62. The van der Waals surface area contributed by atoms with E-state index in [2.05, 4.69) is 46.2 Å². The van der Waals surface area contributed by atoms with Gasteiger partial charge in [0.1, 0.15) is 0 Å². The van der Waals surface area contributed by atoms with Gasteiger partial charge in [-0.15, -0.1) is 0 Å². The molecule has 1 aromatic heterocycles. The van der Waals surface area contributed by atoms with Crippen LogP contribution in [0.3, 0.4) is 0 Å². The average Bonchev–Trinajstić information content (AvgIpc) is 3.18. The first-order valence-electron chi connectivity index (χ1n) is 7.41. The second-order valence-corrected chi connectivity index (χ2v) is 5.54. The van der Waals surface area contributed by atoms with Gasteiger partial charge in [-0.25, -0.2) is 0 Å². The Kier molecular flexibility index (Phi) is 4.11. The lowest BCUT2D eigenvalue weighted by molar-refractivity contribution is 0.228. The van der Waals surface area contributed by atoms with Crippen LogP contribution in [-0.2, 0) is 19.5 Å². The number of hydrogen-bond acceptors (Lipinski definition) is 4. The van der Waals surface area contributed by atoms with Crippen molar-refractivity contribution >= 4 is 0 Å². The molecule has 1 aromatic carbocycles. The molecule has 1 aliphatic carbocycles. The van der Waals surface area contributed by atoms with Crippen LogP contribution in [-0.4, -0.2) is 21.6 Å². The van der Waals surface area contributed by atoms with Crippen LogP contribution in [0.2, 0.25) is 0 Å². The lowest BCUT2D eigenvalue weighted by atomic mass is 10.2. The Hall–Kier alpha value is -1.68. The molecule has 4 nitrogen and oxygen atoms in total. The van der Waals surface area contributed by atoms with Gasteiger partial charge >= 0.3 is 0 Å². The summed E-state index contributed by atoms with van der Waals surface area (Å²) in [7, 11) is 0. The summed E-state index contributed by atoms with van der Waals surface area (Å²) in [6.45, 7) is 4.76. The first-order chi connectivity index (χ1) is 9.83. The highest BCUT2D eigenvalue weighted by Gasteiger charge is 2.24. The summed E-state index contributed by atoms with van der Waals surface area (Å²) in [5.41, 5.74) is 1.31. The van der Waals surface area contributed by atoms with Gasteiger partial charge in [0, 0.05) is 13.0 Å². The highest BCUT2D eigenvalue weighted by molar-refractivity contribution is 5.14. The van der Waals surface area contributed by atoms with Gasteiger partial charge in [-0.3, -0.25) is 4.90 Å². The van der Waals surface area contributed by atoms with E-state index in [4.69, 9.17) is 4.52 Å². The fourth-order valence-electron chi connectivity index (χ4n) is 2.33. The quantitative estimate of drug-likeness (QED) is 0.776. The van der Waals surface area contributed by atoms with E-state index in [1.165, 1.54) is 18.4 Å². The molecule has 2 aromatic rings. The second kappa shape index (κ2) is 6.18. The summed E-state index contributed by atoms with van der Waals surface area (Å²) in [5, 5.41) is 4.08. The largest absolute Gasteiger partial charge is 0.338 e. The van der Waals surface area contributed by atoms with E-state index in [0.717, 1.165) is 43.7 Å². The fraction of sp³-hybridized carbons (Fsp3) is 0.500. The molecule has 1 heterocycles. The van der Waals surface area contributed by atoms with Crippen LogP contribution in [0, 0.1) is 5.92 Å². The second-order valence-electron chi connectivity index (χ2n) is 5.54. The first-order valence-corrected chi connectivity index (χ1v) is 7.41. The SMILES string of the molecule is CCN(Cc1ccccc1)Cc1nc(CC2CC2)no1. The molecule has 3 rings (SSSR count). The summed E-state index contributed by atoms with van der Waals surface area (Å²) < 4.78 is 5.36. The Morgan fingerprint density at radius 1 is 1.20 bits per heavy atom. The van der Waals surface area contributed by atoms with Crippen LogP contribution in [0.25, 0.3) is 0 Å². The molecular formula is C16H21N3O. The first kappa shape index (κ1) is 13.3. The third-order valence-corrected chi connectivity index (χ3v) is 3.73. The van der Waals surface area contributed by atoms with Gasteiger partial charge in [0.15, 0.2) is 5.82 Å². The van der Waals surface area contributed by atoms with Crippen molar-refractivity contribution in [1.29, 1.82) is 0 Å². The van der Waals surface area contributed by atoms with Crippen molar-refractivity contribution < 1.29 is 4.52 Å². The van der Waals surface area contributed by atoms with Crippen LogP contribution >= 0.6 is 0 Å². The Labute approximate surface area is 119 Å². The van der Waals surface area contributed by atoms with Crippen LogP contribution in [0.1, 0.15) is 37.0 Å². The molecule has 0 amide bonds. The predicted octanol–water partition coefficient (Wildman–Crippen LogP) is 3.04. The lowest BCUT2D eigenvalue weighted by Crippen LogP contribution is -2.22. The minimum absolute atomic E-state index is 0.725. The lowest BCUT2D eigenvalue weighted by Gasteiger charge is -2.18. The molecule has 20 heavy (non-hydrogen) atoms. The van der Waals surface area contributed by atoms with Gasteiger partial charge in [0.2, 0.25) is 5.89 Å². The molecule has 0 atom stereocenters. The fourth-order valence-corrected chi connectivity index (χ4v) is 2.33. The highest BCUT2D eigenvalue weighted by Crippen LogP contribution is 2.31. The Balaban J connectivity index is 1.57. The van der Waals surface area contributed by atoms with Gasteiger partial charge in [0.25, 0.3) is 0 Å². The zero-order valence-electron chi connectivity index (χ0n) is 12.0. The van der Waals surface area contributed by atoms with Crippen molar-refractivity contribution in [2.24, 2.45) is 5.92 Å². The monoisotopic (exact) mass is 271 g/mol. The summed E-state index contributed by atoms with van der Waals surface area (Å²) >= 11 is 0. The van der Waals surface area contributed by atoms with E-state index in [1.807, 2.05) is 6.07 Å². The van der Waals surface area contributed by atoms with Crippen molar-refractivity contribution in [3.05, 3.63) is 47.6 Å². The minimum Gasteiger partial charge on any atom is -0.338 e. The van der Waals surface area contributed by atoms with Gasteiger partial charge in [0.05, 0.1) is 6.54 Å². The van der Waals surface area contributed by atoms with Gasteiger partial charge in [-0.05, 0) is 30.9 Å². The number of nitrogens with zero attached hydrogens (tertiary/aromatic N) is 3. The zero-order chi connectivity index (χ0) is 13.8. The number of rotatable bonds is 7. The Morgan fingerprint density at radius 3 is 2.70 bits per heavy atom. The van der Waals surface area contributed by atoms with Gasteiger partial charge in [-0.2, -0.15) is 4.98 Å². The molecule has 0 saturated heterocycles. The maximum atomic E-state index is 5.36. The predicted molar refractivity (Wildman–Crippen MR) is 77.0 cm³/mol. The third-order valence-electron chi connectivity index (χ3n) is 3.73. The highest BCUT2D eigenvalue weighted by atomic mass is 16.5. The van der Waals surface area contributed by atoms with Gasteiger partial charge < -0.3 is 4.52 Å². The normalized spacial score (nSPS) is 14.9. The molecule has 1 fully saturated rings. The molecule has 106 valence electrons. The molecular weight excluding hydrogens is 250 g/mol. The van der Waals surface area contributed by atoms with E-state index < -0.39 is 0 Å². The number of benzene rings is 1. The van der Waals surface area contributed by atoms with E-state index >= 15 is 0 Å². The molecule has 0 bridgehead atoms. The Morgan fingerprint density at radius 2 is 2.00 bits per heavy atom. The van der Waals surface area contributed by atoms with E-state index in [-0.39, 0.29) is 0 Å². The van der Waals surface area contributed by atoms with Crippen molar-refractivity contribution in [3.63, 3.8) is 0 Å². The molecule has 0 spiro atoms. The Bertz CT molecular complexity index is 534. The van der Waals surface area contributed by atoms with Crippen LogP contribution in [0.5, 0.6) is 0 Å². The topological polar surface area (TPSA) is 42.2 Å². The molecule has 1 saturated carbocycles. The number of aromatic nitrogens is 2. The summed E-state index contributed by atoms with van der Waals surface area (Å²) in [4.78, 5) is 6.81. The van der Waals surface area contributed by atoms with Crippen LogP contribution in [0.15, 0.2) is 34.9 Å². The van der Waals surface area contributed by atoms with Crippen molar-refractivity contribution in [3.8, 4) is 0 Å². The molecule has 0 radical (unpaired) electrons. The minimum atomic E-state index is 0.725. The zero-order valence-corrected chi connectivity index (χ0v) is 12.0. The molecule has 0 aliphatic heterocycles. The van der Waals surface area contributed by atoms with Crippen molar-refractivity contribution in [2.75, 3.05) is 6.54 Å². The smallest absolute Gasteiger partial charge is 0.240 e. The van der Waals surface area contributed by atoms with Crippen molar-refractivity contribution in [1.82, 2.24) is 15.0 Å². The molecule has 0 N–H and O–H groups in total. The molecule has 0 unspecified atom stereocenters. The maximum Gasteiger partial charge on any atom is 0.240 e. The average molecular weight is 271 g/mol. The number of hydrogen-bond donors (Lipinski definition) is 0. The third kappa shape index (κ3) is 3.67. The van der Waals surface area contributed by atoms with Crippen molar-refractivity contribution in [2.45, 2.75) is 39.3 Å². The standard InChI is InChI=1S/C16H21N3O/c1-2-19(11-14-6-4-3-5-7-14)12-16-17-15(18-20-16)10-13-8-9-13/h3-7,13H,2,8-12H2,1H3. The summed E-state index contributed by atoms with van der Waals surface area (Å²) in [5.74, 6) is 2.41. The summed E-state index contributed by atoms with van der Waals surface area (Å²) in [6, 6.07) is 10.5. The van der Waals surface area contributed by atoms with Crippen LogP contribution in [0.4, 0.5) is 0 Å². The van der Waals surface area contributed by atoms with E-state index in [1.54, 1.807) is 0 Å². The van der Waals surface area contributed by atoms with Crippen LogP contribution < -0.4 is 0 Å².